The molecule has 0 aliphatic carbocycles. The average molecular weight is 259 g/mol. The molecule has 1 aromatic rings. The van der Waals surface area contributed by atoms with Gasteiger partial charge in [0.2, 0.25) is 0 Å². The van der Waals surface area contributed by atoms with Gasteiger partial charge in [0.05, 0.1) is 18.8 Å². The SMILES string of the molecule is CNC(c1cc(F)ccc1F)C1CSCCO1. The number of ether oxygens (including phenoxy) is 1. The summed E-state index contributed by atoms with van der Waals surface area (Å²) >= 11 is 1.77. The fourth-order valence-electron chi connectivity index (χ4n) is 1.99. The summed E-state index contributed by atoms with van der Waals surface area (Å²) in [6.07, 6.45) is -0.116. The first-order chi connectivity index (χ1) is 8.22. The Morgan fingerprint density at radius 2 is 2.29 bits per heavy atom. The third-order valence-electron chi connectivity index (χ3n) is 2.82. The number of thioether (sulfide) groups is 1. The Bertz CT molecular complexity index is 383. The van der Waals surface area contributed by atoms with Gasteiger partial charge in [-0.15, -0.1) is 0 Å². The molecule has 0 saturated carbocycles. The summed E-state index contributed by atoms with van der Waals surface area (Å²) in [5, 5.41) is 3.01. The highest BCUT2D eigenvalue weighted by Gasteiger charge is 2.27. The number of hydrogen-bond donors (Lipinski definition) is 1. The number of rotatable bonds is 3. The summed E-state index contributed by atoms with van der Waals surface area (Å²) in [4.78, 5) is 0. The van der Waals surface area contributed by atoms with Crippen LogP contribution < -0.4 is 5.32 Å². The molecule has 1 aromatic carbocycles. The van der Waals surface area contributed by atoms with Crippen molar-refractivity contribution in [1.82, 2.24) is 5.32 Å². The average Bonchev–Trinajstić information content (AvgIpc) is 2.36. The molecule has 2 unspecified atom stereocenters. The van der Waals surface area contributed by atoms with E-state index in [1.807, 2.05) is 0 Å². The molecule has 1 heterocycles. The standard InChI is InChI=1S/C12H15F2NOS/c1-15-12(11-7-17-5-4-16-11)9-6-8(13)2-3-10(9)14/h2-3,6,11-12,15H,4-5,7H2,1H3. The van der Waals surface area contributed by atoms with E-state index in [-0.39, 0.29) is 12.1 Å². The van der Waals surface area contributed by atoms with Gasteiger partial charge in [-0.3, -0.25) is 0 Å². The van der Waals surface area contributed by atoms with Crippen LogP contribution in [0.4, 0.5) is 8.78 Å². The Balaban J connectivity index is 2.24. The van der Waals surface area contributed by atoms with Gasteiger partial charge in [-0.2, -0.15) is 11.8 Å². The molecule has 17 heavy (non-hydrogen) atoms. The first kappa shape index (κ1) is 12.8. The van der Waals surface area contributed by atoms with Crippen molar-refractivity contribution >= 4 is 11.8 Å². The quantitative estimate of drug-likeness (QED) is 0.900. The Hall–Kier alpha value is -0.650. The van der Waals surface area contributed by atoms with Crippen molar-refractivity contribution in [3.63, 3.8) is 0 Å². The highest BCUT2D eigenvalue weighted by atomic mass is 32.2. The molecule has 0 radical (unpaired) electrons. The van der Waals surface area contributed by atoms with Gasteiger partial charge in [-0.1, -0.05) is 0 Å². The molecule has 1 fully saturated rings. The van der Waals surface area contributed by atoms with E-state index in [0.717, 1.165) is 23.6 Å². The van der Waals surface area contributed by atoms with Crippen LogP contribution in [-0.4, -0.2) is 31.3 Å². The van der Waals surface area contributed by atoms with Crippen LogP contribution in [0.5, 0.6) is 0 Å². The fourth-order valence-corrected chi connectivity index (χ4v) is 2.89. The highest BCUT2D eigenvalue weighted by molar-refractivity contribution is 7.99. The van der Waals surface area contributed by atoms with E-state index in [1.165, 1.54) is 6.07 Å². The van der Waals surface area contributed by atoms with Crippen LogP contribution in [0.15, 0.2) is 18.2 Å². The Labute approximate surface area is 104 Å². The maximum Gasteiger partial charge on any atom is 0.128 e. The molecule has 1 N–H and O–H groups in total. The normalized spacial score (nSPS) is 22.4. The molecule has 1 aliphatic rings. The van der Waals surface area contributed by atoms with Gasteiger partial charge in [0.25, 0.3) is 0 Å². The zero-order chi connectivity index (χ0) is 12.3. The third-order valence-corrected chi connectivity index (χ3v) is 3.84. The van der Waals surface area contributed by atoms with Gasteiger partial charge in [0, 0.05) is 17.1 Å². The minimum atomic E-state index is -0.426. The molecular weight excluding hydrogens is 244 g/mol. The van der Waals surface area contributed by atoms with Gasteiger partial charge in [0.15, 0.2) is 0 Å². The molecule has 94 valence electrons. The molecule has 0 amide bonds. The van der Waals surface area contributed by atoms with Crippen LogP contribution in [0.2, 0.25) is 0 Å². The van der Waals surface area contributed by atoms with E-state index >= 15 is 0 Å². The smallest absolute Gasteiger partial charge is 0.128 e. The maximum absolute atomic E-state index is 13.7. The van der Waals surface area contributed by atoms with E-state index in [9.17, 15) is 8.78 Å². The maximum atomic E-state index is 13.7. The molecule has 1 aliphatic heterocycles. The number of nitrogens with one attached hydrogen (secondary N) is 1. The number of benzene rings is 1. The summed E-state index contributed by atoms with van der Waals surface area (Å²) in [6.45, 7) is 0.657. The minimum absolute atomic E-state index is 0.116. The molecule has 5 heteroatoms. The minimum Gasteiger partial charge on any atom is -0.375 e. The molecular formula is C12H15F2NOS. The lowest BCUT2D eigenvalue weighted by molar-refractivity contribution is 0.0478. The van der Waals surface area contributed by atoms with Gasteiger partial charge in [-0.05, 0) is 25.2 Å². The predicted molar refractivity (Wildman–Crippen MR) is 65.2 cm³/mol. The Morgan fingerprint density at radius 3 is 2.94 bits per heavy atom. The van der Waals surface area contributed by atoms with Crippen LogP contribution in [0, 0.1) is 11.6 Å². The first-order valence-electron chi connectivity index (χ1n) is 5.54. The van der Waals surface area contributed by atoms with Gasteiger partial charge in [-0.25, -0.2) is 8.78 Å². The van der Waals surface area contributed by atoms with E-state index in [2.05, 4.69) is 5.32 Å². The zero-order valence-corrected chi connectivity index (χ0v) is 10.4. The Kier molecular flexibility index (Phi) is 4.36. The van der Waals surface area contributed by atoms with Crippen LogP contribution in [0.25, 0.3) is 0 Å². The van der Waals surface area contributed by atoms with Crippen LogP contribution in [0.3, 0.4) is 0 Å². The summed E-state index contributed by atoms with van der Waals surface area (Å²) < 4.78 is 32.5. The summed E-state index contributed by atoms with van der Waals surface area (Å²) in [7, 11) is 1.73. The lowest BCUT2D eigenvalue weighted by atomic mass is 10.0. The second kappa shape index (κ2) is 5.80. The Morgan fingerprint density at radius 1 is 1.47 bits per heavy atom. The lowest BCUT2D eigenvalue weighted by Crippen LogP contribution is -2.37. The first-order valence-corrected chi connectivity index (χ1v) is 6.69. The van der Waals surface area contributed by atoms with Gasteiger partial charge < -0.3 is 10.1 Å². The van der Waals surface area contributed by atoms with Crippen molar-refractivity contribution in [2.45, 2.75) is 12.1 Å². The molecule has 2 nitrogen and oxygen atoms in total. The number of likely N-dealkylation sites (N-methyl/N-ethyl adjacent to an activating group) is 1. The van der Waals surface area contributed by atoms with E-state index in [0.29, 0.717) is 12.2 Å². The number of halogens is 2. The van der Waals surface area contributed by atoms with Crippen molar-refractivity contribution in [3.8, 4) is 0 Å². The van der Waals surface area contributed by atoms with Crippen molar-refractivity contribution in [2.24, 2.45) is 0 Å². The lowest BCUT2D eigenvalue weighted by Gasteiger charge is -2.30. The van der Waals surface area contributed by atoms with Gasteiger partial charge >= 0.3 is 0 Å². The van der Waals surface area contributed by atoms with Crippen molar-refractivity contribution in [3.05, 3.63) is 35.4 Å². The molecule has 1 saturated heterocycles. The highest BCUT2D eigenvalue weighted by Crippen LogP contribution is 2.27. The van der Waals surface area contributed by atoms with Crippen molar-refractivity contribution in [2.75, 3.05) is 25.2 Å². The summed E-state index contributed by atoms with van der Waals surface area (Å²) in [5.41, 5.74) is 0.333. The summed E-state index contributed by atoms with van der Waals surface area (Å²) in [6, 6.07) is 3.21. The van der Waals surface area contributed by atoms with Crippen LogP contribution >= 0.6 is 11.8 Å². The fraction of sp³-hybridized carbons (Fsp3) is 0.500. The largest absolute Gasteiger partial charge is 0.375 e. The second-order valence-corrected chi connectivity index (χ2v) is 5.07. The van der Waals surface area contributed by atoms with Crippen LogP contribution in [0.1, 0.15) is 11.6 Å². The van der Waals surface area contributed by atoms with E-state index < -0.39 is 11.6 Å². The van der Waals surface area contributed by atoms with Crippen LogP contribution in [-0.2, 0) is 4.74 Å². The topological polar surface area (TPSA) is 21.3 Å². The third kappa shape index (κ3) is 2.97. The second-order valence-electron chi connectivity index (χ2n) is 3.92. The zero-order valence-electron chi connectivity index (χ0n) is 9.58. The van der Waals surface area contributed by atoms with E-state index in [1.54, 1.807) is 18.8 Å². The van der Waals surface area contributed by atoms with Gasteiger partial charge in [0.1, 0.15) is 11.6 Å². The van der Waals surface area contributed by atoms with Crippen molar-refractivity contribution < 1.29 is 13.5 Å². The predicted octanol–water partition coefficient (Wildman–Crippen LogP) is 2.36. The summed E-state index contributed by atoms with van der Waals surface area (Å²) in [5.74, 6) is 0.926. The molecule has 0 bridgehead atoms. The molecule has 2 rings (SSSR count). The van der Waals surface area contributed by atoms with E-state index in [4.69, 9.17) is 4.74 Å². The molecule has 0 aromatic heterocycles. The van der Waals surface area contributed by atoms with Crippen molar-refractivity contribution in [1.29, 1.82) is 0 Å². The molecule has 0 spiro atoms. The monoisotopic (exact) mass is 259 g/mol. The number of hydrogen-bond acceptors (Lipinski definition) is 3. The molecule has 2 atom stereocenters.